The number of thiophene rings is 1. The maximum atomic E-state index is 4.80. The largest absolute Gasteiger partial charge is 0.135 e. The van der Waals surface area contributed by atoms with Crippen molar-refractivity contribution in [2.45, 2.75) is 12.3 Å². The Kier molecular flexibility index (Phi) is 8.43. The van der Waals surface area contributed by atoms with Crippen LogP contribution in [-0.2, 0) is 6.42 Å². The van der Waals surface area contributed by atoms with Crippen LogP contribution in [0.2, 0.25) is 0 Å². The van der Waals surface area contributed by atoms with E-state index in [4.69, 9.17) is 6.58 Å². The number of benzene rings is 9. The van der Waals surface area contributed by atoms with Crippen molar-refractivity contribution in [1.82, 2.24) is 0 Å². The van der Waals surface area contributed by atoms with E-state index in [-0.39, 0.29) is 5.92 Å². The second-order valence-corrected chi connectivity index (χ2v) is 17.5. The van der Waals surface area contributed by atoms with E-state index in [2.05, 4.69) is 212 Å². The summed E-state index contributed by atoms with van der Waals surface area (Å²) in [5.74, 6) is 0.0700. The molecule has 2 aliphatic carbocycles. The summed E-state index contributed by atoms with van der Waals surface area (Å²) in [6.45, 7) is 4.80. The fraction of sp³-hybridized carbons (Fsp3) is 0.0333. The second kappa shape index (κ2) is 14.4. The highest BCUT2D eigenvalue weighted by Crippen LogP contribution is 2.51. The Morgan fingerprint density at radius 3 is 1.92 bits per heavy atom. The summed E-state index contributed by atoms with van der Waals surface area (Å²) in [7, 11) is 0. The number of rotatable bonds is 5. The highest BCUT2D eigenvalue weighted by Gasteiger charge is 2.30. The van der Waals surface area contributed by atoms with E-state index in [1.54, 1.807) is 0 Å². The van der Waals surface area contributed by atoms with Gasteiger partial charge >= 0.3 is 0 Å². The molecule has 0 N–H and O–H groups in total. The molecule has 2 aliphatic rings. The molecule has 0 amide bonds. The molecule has 0 nitrogen and oxygen atoms in total. The summed E-state index contributed by atoms with van der Waals surface area (Å²) in [4.78, 5) is 0. The van der Waals surface area contributed by atoms with Crippen LogP contribution in [0.1, 0.15) is 39.3 Å². The predicted octanol–water partition coefficient (Wildman–Crippen LogP) is 16.6. The molecule has 0 saturated heterocycles. The summed E-state index contributed by atoms with van der Waals surface area (Å²) < 4.78 is 2.65. The molecule has 0 radical (unpaired) electrons. The van der Waals surface area contributed by atoms with Crippen LogP contribution in [0.15, 0.2) is 213 Å². The third-order valence-corrected chi connectivity index (χ3v) is 14.1. The topological polar surface area (TPSA) is 0 Å². The van der Waals surface area contributed by atoms with E-state index in [9.17, 15) is 0 Å². The van der Waals surface area contributed by atoms with Crippen LogP contribution in [0.5, 0.6) is 0 Å². The Hall–Kier alpha value is -7.32. The zero-order chi connectivity index (χ0) is 40.4. The first-order valence-corrected chi connectivity index (χ1v) is 22.0. The molecule has 0 fully saturated rings. The SMILES string of the molecule is C=C1c2ccc(-c3ccc4c(c3)-c3cc(-c5cccc6sc7ccccc7c56)ccc3C=C(c3ccccc3)C4)cc2-c2ccccc2C1c1cccc(-c2ccccc2)c1. The van der Waals surface area contributed by atoms with Crippen LogP contribution in [0.3, 0.4) is 0 Å². The Morgan fingerprint density at radius 2 is 1.05 bits per heavy atom. The monoisotopic (exact) mass is 792 g/mol. The van der Waals surface area contributed by atoms with Crippen molar-refractivity contribution in [1.29, 1.82) is 0 Å². The van der Waals surface area contributed by atoms with Gasteiger partial charge in [-0.1, -0.05) is 189 Å². The second-order valence-electron chi connectivity index (χ2n) is 16.5. The third-order valence-electron chi connectivity index (χ3n) is 13.0. The van der Waals surface area contributed by atoms with Crippen molar-refractivity contribution in [3.63, 3.8) is 0 Å². The van der Waals surface area contributed by atoms with Gasteiger partial charge in [-0.3, -0.25) is 0 Å². The van der Waals surface area contributed by atoms with Gasteiger partial charge in [-0.25, -0.2) is 0 Å². The number of hydrogen-bond acceptors (Lipinski definition) is 1. The van der Waals surface area contributed by atoms with Gasteiger partial charge in [-0.15, -0.1) is 11.3 Å². The molecule has 1 aromatic heterocycles. The van der Waals surface area contributed by atoms with Gasteiger partial charge in [-0.2, -0.15) is 0 Å². The lowest BCUT2D eigenvalue weighted by Crippen LogP contribution is -2.11. The van der Waals surface area contributed by atoms with Gasteiger partial charge in [0.05, 0.1) is 0 Å². The zero-order valence-corrected chi connectivity index (χ0v) is 34.4. The summed E-state index contributed by atoms with van der Waals surface area (Å²) in [5.41, 5.74) is 22.6. The first-order chi connectivity index (χ1) is 30.1. The number of allylic oxidation sites excluding steroid dienone is 2. The minimum absolute atomic E-state index is 0.0700. The third kappa shape index (κ3) is 6.04. The molecule has 1 unspecified atom stereocenters. The normalized spacial score (nSPS) is 14.1. The summed E-state index contributed by atoms with van der Waals surface area (Å²) >= 11 is 1.88. The van der Waals surface area contributed by atoms with Gasteiger partial charge in [0, 0.05) is 26.1 Å². The van der Waals surface area contributed by atoms with E-state index < -0.39 is 0 Å². The molecule has 0 aliphatic heterocycles. The molecule has 9 aromatic carbocycles. The van der Waals surface area contributed by atoms with Crippen LogP contribution in [-0.4, -0.2) is 0 Å². The van der Waals surface area contributed by atoms with Gasteiger partial charge in [0.1, 0.15) is 0 Å². The van der Waals surface area contributed by atoms with E-state index >= 15 is 0 Å². The molecular formula is C60H40S. The van der Waals surface area contributed by atoms with E-state index in [0.29, 0.717) is 0 Å². The predicted molar refractivity (Wildman–Crippen MR) is 262 cm³/mol. The van der Waals surface area contributed by atoms with Crippen molar-refractivity contribution in [3.05, 3.63) is 246 Å². The lowest BCUT2D eigenvalue weighted by Gasteiger charge is -2.31. The van der Waals surface area contributed by atoms with E-state index in [1.807, 2.05) is 11.3 Å². The molecule has 1 heteroatoms. The Balaban J connectivity index is 0.983. The van der Waals surface area contributed by atoms with Gasteiger partial charge < -0.3 is 0 Å². The maximum absolute atomic E-state index is 4.80. The minimum atomic E-state index is 0.0700. The van der Waals surface area contributed by atoms with Crippen molar-refractivity contribution < 1.29 is 0 Å². The van der Waals surface area contributed by atoms with Gasteiger partial charge in [0.25, 0.3) is 0 Å². The standard InChI is InChI=1S/C60H40S/c1-38-49-31-30-43(36-56(49)51-20-8-9-21-52(51)59(38)47-19-12-18-41(32-47)39-14-4-2-5-15-39)42-26-27-44-33-48(40-16-6-3-7-17-40)34-45-28-29-46(37-55(45)54(44)35-42)50-23-13-25-58-60(50)53-22-10-11-24-57(53)61-58/h2-32,34-37,59H,1,33H2. The summed E-state index contributed by atoms with van der Waals surface area (Å²) in [5, 5.41) is 2.67. The van der Waals surface area contributed by atoms with Gasteiger partial charge in [-0.05, 0) is 137 Å². The molecule has 286 valence electrons. The molecule has 61 heavy (non-hydrogen) atoms. The molecule has 12 rings (SSSR count). The van der Waals surface area contributed by atoms with Gasteiger partial charge in [0.2, 0.25) is 0 Å². The Bertz CT molecular complexity index is 3400. The lowest BCUT2D eigenvalue weighted by molar-refractivity contribution is 1.04. The van der Waals surface area contributed by atoms with Crippen molar-refractivity contribution in [2.24, 2.45) is 0 Å². The fourth-order valence-electron chi connectivity index (χ4n) is 10.0. The molecule has 10 aromatic rings. The van der Waals surface area contributed by atoms with Crippen LogP contribution < -0.4 is 0 Å². The molecule has 0 bridgehead atoms. The fourth-order valence-corrected chi connectivity index (χ4v) is 11.1. The average Bonchev–Trinajstić information content (AvgIpc) is 3.63. The molecule has 0 spiro atoms. The number of hydrogen-bond donors (Lipinski definition) is 0. The van der Waals surface area contributed by atoms with Crippen LogP contribution in [0, 0.1) is 0 Å². The quantitative estimate of drug-likeness (QED) is 0.163. The number of fused-ring (bicyclic) bond motifs is 9. The molecule has 0 saturated carbocycles. The first-order valence-electron chi connectivity index (χ1n) is 21.2. The smallest absolute Gasteiger partial charge is 0.0361 e. The summed E-state index contributed by atoms with van der Waals surface area (Å²) in [6, 6.07) is 76.4. The lowest BCUT2D eigenvalue weighted by atomic mass is 9.72. The van der Waals surface area contributed by atoms with E-state index in [1.165, 1.54) is 115 Å². The first kappa shape index (κ1) is 35.6. The molecular weight excluding hydrogens is 753 g/mol. The van der Waals surface area contributed by atoms with Crippen LogP contribution >= 0.6 is 11.3 Å². The van der Waals surface area contributed by atoms with Crippen molar-refractivity contribution in [2.75, 3.05) is 0 Å². The Morgan fingerprint density at radius 1 is 0.410 bits per heavy atom. The molecule has 1 heterocycles. The minimum Gasteiger partial charge on any atom is -0.135 e. The maximum Gasteiger partial charge on any atom is 0.0361 e. The van der Waals surface area contributed by atoms with E-state index in [0.717, 1.165) is 12.0 Å². The van der Waals surface area contributed by atoms with Crippen LogP contribution in [0.4, 0.5) is 0 Å². The zero-order valence-electron chi connectivity index (χ0n) is 33.6. The van der Waals surface area contributed by atoms with Crippen molar-refractivity contribution >= 4 is 48.7 Å². The van der Waals surface area contributed by atoms with Crippen LogP contribution in [0.25, 0.3) is 93.0 Å². The average molecular weight is 793 g/mol. The Labute approximate surface area is 361 Å². The highest BCUT2D eigenvalue weighted by atomic mass is 32.1. The highest BCUT2D eigenvalue weighted by molar-refractivity contribution is 7.25. The van der Waals surface area contributed by atoms with Crippen molar-refractivity contribution in [3.8, 4) is 55.6 Å². The summed E-state index contributed by atoms with van der Waals surface area (Å²) in [6.07, 6.45) is 3.28. The van der Waals surface area contributed by atoms with Gasteiger partial charge in [0.15, 0.2) is 0 Å². The molecule has 1 atom stereocenters.